The topological polar surface area (TPSA) is 342 Å². The van der Waals surface area contributed by atoms with E-state index in [9.17, 15) is 38.4 Å². The average molecular weight is 1110 g/mol. The van der Waals surface area contributed by atoms with Crippen LogP contribution in [0.2, 0.25) is 0 Å². The number of benzene rings is 2. The van der Waals surface area contributed by atoms with Crippen LogP contribution in [-0.2, 0) is 62.6 Å². The molecule has 2 aliphatic heterocycles. The van der Waals surface area contributed by atoms with Gasteiger partial charge in [-0.2, -0.15) is 9.97 Å². The quantitative estimate of drug-likeness (QED) is 0.0250. The molecule has 4 heterocycles. The number of H-pyrrole nitrogens is 1. The van der Waals surface area contributed by atoms with Crippen molar-refractivity contribution in [3.8, 4) is 0 Å². The Morgan fingerprint density at radius 1 is 0.738 bits per heavy atom. The number of fused-ring (bicyclic) bond motifs is 1. The van der Waals surface area contributed by atoms with Crippen LogP contribution in [0.3, 0.4) is 0 Å². The summed E-state index contributed by atoms with van der Waals surface area (Å²) in [5.41, 5.74) is 15.0. The second kappa shape index (κ2) is 31.6. The molecule has 26 heteroatoms. The molecule has 0 spiro atoms. The van der Waals surface area contributed by atoms with E-state index in [2.05, 4.69) is 53.4 Å². The van der Waals surface area contributed by atoms with Crippen molar-refractivity contribution in [1.82, 2.24) is 50.2 Å². The number of piperazine rings is 1. The highest BCUT2D eigenvalue weighted by molar-refractivity contribution is 6.12. The molecule has 2 aromatic heterocycles. The molecular weight excluding hydrogens is 1040 g/mol. The number of nitrogens with one attached hydrogen (secondary N) is 6. The summed E-state index contributed by atoms with van der Waals surface area (Å²) in [5.74, 6) is -2.03. The Kier molecular flexibility index (Phi) is 24.2. The van der Waals surface area contributed by atoms with Gasteiger partial charge in [-0.3, -0.25) is 38.3 Å². The summed E-state index contributed by atoms with van der Waals surface area (Å²) in [4.78, 5) is 117. The van der Waals surface area contributed by atoms with Gasteiger partial charge in [0.15, 0.2) is 11.5 Å². The Bertz CT molecular complexity index is 2780. The molecule has 80 heavy (non-hydrogen) atoms. The molecule has 2 aliphatic rings. The van der Waals surface area contributed by atoms with E-state index in [1.54, 1.807) is 47.6 Å². The number of hydrogen-bond donors (Lipinski definition) is 8. The van der Waals surface area contributed by atoms with Crippen molar-refractivity contribution in [1.29, 1.82) is 0 Å². The number of nitrogens with zero attached hydrogens (tertiary/aromatic N) is 6. The molecule has 0 radical (unpaired) electrons. The van der Waals surface area contributed by atoms with Gasteiger partial charge in [-0.25, -0.2) is 14.4 Å². The van der Waals surface area contributed by atoms with Crippen molar-refractivity contribution in [3.63, 3.8) is 0 Å². The van der Waals surface area contributed by atoms with E-state index in [0.717, 1.165) is 35.3 Å². The van der Waals surface area contributed by atoms with Gasteiger partial charge in [0.2, 0.25) is 23.7 Å². The molecule has 0 bridgehead atoms. The maximum absolute atomic E-state index is 13.7. The normalized spacial score (nSPS) is 14.3. The van der Waals surface area contributed by atoms with Crippen LogP contribution in [0.15, 0.2) is 65.5 Å². The first kappa shape index (κ1) is 61.3. The number of imidazole rings is 1. The van der Waals surface area contributed by atoms with Gasteiger partial charge in [0.25, 0.3) is 11.8 Å². The van der Waals surface area contributed by atoms with Crippen LogP contribution >= 0.6 is 0 Å². The fourth-order valence-corrected chi connectivity index (χ4v) is 8.62. The maximum Gasteiger partial charge on any atom is 0.410 e. The number of primary amides is 1. The Labute approximate surface area is 464 Å². The number of aromatic nitrogens is 4. The number of anilines is 3. The molecule has 0 unspecified atom stereocenters. The molecule has 2 aromatic carbocycles. The standard InChI is InChI=1S/C54H76N14O12/c1-4-5-6-20-58-52-63-47(55)46-48(64-52)68(53(75)62-46)34-38-11-9-37(10-12-38)33-65-22-24-66(25-23-65)54(76)80-35-39-13-15-40(16-14-39)59-49(72)41(8-7-21-57-51(56)74)60-50(73)45(36(2)3)61-42(69)19-27-77-29-31-79-32-30-78-28-26-67-43(70)17-18-44(67)71/h9-18,36,41,45H,4-8,19-35H2,1-3H3,(H,59,72)(H,60,73)(H,61,69)(H,62,75)(H3,56,57,74)(H3,55,58,63,64)/t41-,45-/m0/s1. The number of aromatic amines is 1. The number of unbranched alkanes of at least 4 members (excludes halogenated alkanes) is 2. The number of nitrogen functional groups attached to an aromatic ring is 1. The number of urea groups is 1. The molecule has 1 fully saturated rings. The summed E-state index contributed by atoms with van der Waals surface area (Å²) >= 11 is 0. The summed E-state index contributed by atoms with van der Waals surface area (Å²) in [6.45, 7) is 11.1. The van der Waals surface area contributed by atoms with E-state index in [0.29, 0.717) is 80.6 Å². The van der Waals surface area contributed by atoms with E-state index in [1.165, 1.54) is 12.2 Å². The highest BCUT2D eigenvalue weighted by Crippen LogP contribution is 2.20. The zero-order valence-electron chi connectivity index (χ0n) is 45.8. The summed E-state index contributed by atoms with van der Waals surface area (Å²) in [6.07, 6.45) is 5.53. The van der Waals surface area contributed by atoms with E-state index in [4.69, 9.17) is 30.4 Å². The van der Waals surface area contributed by atoms with Crippen molar-refractivity contribution in [2.45, 2.75) is 91.1 Å². The zero-order chi connectivity index (χ0) is 57.4. The zero-order valence-corrected chi connectivity index (χ0v) is 45.8. The predicted molar refractivity (Wildman–Crippen MR) is 297 cm³/mol. The van der Waals surface area contributed by atoms with Crippen molar-refractivity contribution < 1.29 is 52.5 Å². The van der Waals surface area contributed by atoms with Gasteiger partial charge in [0.1, 0.15) is 24.2 Å². The molecule has 10 N–H and O–H groups in total. The monoisotopic (exact) mass is 1110 g/mol. The van der Waals surface area contributed by atoms with Crippen molar-refractivity contribution >= 4 is 70.3 Å². The van der Waals surface area contributed by atoms with E-state index < -0.39 is 41.9 Å². The first-order chi connectivity index (χ1) is 38.6. The van der Waals surface area contributed by atoms with Gasteiger partial charge >= 0.3 is 17.8 Å². The minimum atomic E-state index is -1.05. The number of ether oxygens (including phenoxy) is 4. The number of imide groups is 1. The molecule has 0 aliphatic carbocycles. The lowest BCUT2D eigenvalue weighted by Crippen LogP contribution is -2.54. The van der Waals surface area contributed by atoms with Crippen LogP contribution in [0.1, 0.15) is 76.0 Å². The third kappa shape index (κ3) is 19.5. The van der Waals surface area contributed by atoms with Crippen LogP contribution in [0.5, 0.6) is 0 Å². The van der Waals surface area contributed by atoms with Gasteiger partial charge in [0.05, 0.1) is 52.7 Å². The van der Waals surface area contributed by atoms with E-state index in [1.807, 2.05) is 24.3 Å². The second-order valence-corrected chi connectivity index (χ2v) is 19.6. The largest absolute Gasteiger partial charge is 0.445 e. The molecule has 2 atom stereocenters. The van der Waals surface area contributed by atoms with Gasteiger partial charge in [-0.15, -0.1) is 0 Å². The Morgan fingerprint density at radius 3 is 2.02 bits per heavy atom. The molecule has 4 aromatic rings. The molecule has 434 valence electrons. The van der Waals surface area contributed by atoms with Gasteiger partial charge in [0, 0.05) is 70.1 Å². The van der Waals surface area contributed by atoms with Crippen LogP contribution in [-0.4, -0.2) is 173 Å². The number of nitrogens with two attached hydrogens (primary N) is 2. The molecule has 8 amide bonds. The summed E-state index contributed by atoms with van der Waals surface area (Å²) in [5, 5.41) is 14.0. The Hall–Kier alpha value is -7.94. The predicted octanol–water partition coefficient (Wildman–Crippen LogP) is 2.18. The Balaban J connectivity index is 0.886. The molecule has 1 saturated heterocycles. The van der Waals surface area contributed by atoms with Crippen molar-refractivity contribution in [3.05, 3.63) is 87.9 Å². The number of amides is 8. The minimum Gasteiger partial charge on any atom is -0.445 e. The van der Waals surface area contributed by atoms with Crippen LogP contribution in [0.25, 0.3) is 11.2 Å². The lowest BCUT2D eigenvalue weighted by Gasteiger charge is -2.34. The first-order valence-corrected chi connectivity index (χ1v) is 27.1. The lowest BCUT2D eigenvalue weighted by atomic mass is 10.0. The molecule has 0 saturated carbocycles. The van der Waals surface area contributed by atoms with Crippen LogP contribution < -0.4 is 43.7 Å². The van der Waals surface area contributed by atoms with Crippen molar-refractivity contribution in [2.75, 3.05) is 102 Å². The van der Waals surface area contributed by atoms with Crippen molar-refractivity contribution in [2.24, 2.45) is 11.7 Å². The highest BCUT2D eigenvalue weighted by atomic mass is 16.6. The van der Waals surface area contributed by atoms with E-state index in [-0.39, 0.29) is 101 Å². The number of rotatable bonds is 33. The second-order valence-electron chi connectivity index (χ2n) is 19.6. The fourth-order valence-electron chi connectivity index (χ4n) is 8.62. The van der Waals surface area contributed by atoms with Gasteiger partial charge in [-0.1, -0.05) is 70.0 Å². The molecule has 26 nitrogen and oxygen atoms in total. The maximum atomic E-state index is 13.7. The van der Waals surface area contributed by atoms with Gasteiger partial charge < -0.3 is 66.9 Å². The molecule has 6 rings (SSSR count). The number of carbonyl (C=O) groups is 7. The highest BCUT2D eigenvalue weighted by Gasteiger charge is 2.29. The summed E-state index contributed by atoms with van der Waals surface area (Å²) < 4.78 is 23.6. The fraction of sp³-hybridized carbons (Fsp3) is 0.519. The SMILES string of the molecule is CCCCCNc1nc(N)c2[nH]c(=O)n(Cc3ccc(CN4CCN(C(=O)OCc5ccc(NC(=O)[C@H](CCCNC(N)=O)NC(=O)[C@@H](NC(=O)CCOCCOCCOCCN6C(=O)C=CC6=O)C(C)C)cc5)CC4)cc3)c2n1. The van der Waals surface area contributed by atoms with Crippen LogP contribution in [0.4, 0.5) is 27.0 Å². The number of hydrogen-bond acceptors (Lipinski definition) is 17. The third-order valence-electron chi connectivity index (χ3n) is 13.1. The number of carbonyl (C=O) groups excluding carboxylic acids is 7. The summed E-state index contributed by atoms with van der Waals surface area (Å²) in [7, 11) is 0. The first-order valence-electron chi connectivity index (χ1n) is 27.1. The molecular formula is C54H76N14O12. The Morgan fingerprint density at radius 2 is 1.38 bits per heavy atom. The summed E-state index contributed by atoms with van der Waals surface area (Å²) in [6, 6.07) is 12.0. The van der Waals surface area contributed by atoms with Crippen LogP contribution in [0, 0.1) is 5.92 Å². The smallest absolute Gasteiger partial charge is 0.410 e. The minimum absolute atomic E-state index is 0.00205. The van der Waals surface area contributed by atoms with E-state index >= 15 is 0 Å². The average Bonchev–Trinajstić information content (AvgIpc) is 3.95. The lowest BCUT2D eigenvalue weighted by molar-refractivity contribution is -0.137. The third-order valence-corrected chi connectivity index (χ3v) is 13.1. The van der Waals surface area contributed by atoms with Gasteiger partial charge in [-0.05, 0) is 54.0 Å².